The summed E-state index contributed by atoms with van der Waals surface area (Å²) in [5, 5.41) is 3.32. The van der Waals surface area contributed by atoms with Gasteiger partial charge in [0.1, 0.15) is 17.4 Å². The van der Waals surface area contributed by atoms with Gasteiger partial charge in [-0.05, 0) is 32.0 Å². The first-order valence-electron chi connectivity index (χ1n) is 7.66. The Morgan fingerprint density at radius 2 is 2.32 bits per heavy atom. The van der Waals surface area contributed by atoms with Crippen LogP contribution in [0.1, 0.15) is 31.5 Å². The lowest BCUT2D eigenvalue weighted by atomic mass is 10.2. The molecule has 3 rings (SSSR count). The van der Waals surface area contributed by atoms with Crippen LogP contribution < -0.4 is 5.32 Å². The summed E-state index contributed by atoms with van der Waals surface area (Å²) in [6.07, 6.45) is 3.50. The molecule has 0 radical (unpaired) electrons. The first kappa shape index (κ1) is 15.0. The van der Waals surface area contributed by atoms with E-state index in [0.29, 0.717) is 12.6 Å². The Hall–Kier alpha value is -1.92. The molecule has 0 aliphatic carbocycles. The van der Waals surface area contributed by atoms with E-state index in [1.54, 1.807) is 12.5 Å². The van der Waals surface area contributed by atoms with Crippen LogP contribution in [-0.4, -0.2) is 40.7 Å². The highest BCUT2D eigenvalue weighted by Crippen LogP contribution is 2.24. The third-order valence-electron chi connectivity index (χ3n) is 3.59. The molecule has 3 heterocycles. The van der Waals surface area contributed by atoms with Crippen molar-refractivity contribution in [2.45, 2.75) is 32.5 Å². The largest absolute Gasteiger partial charge is 0.468 e. The summed E-state index contributed by atoms with van der Waals surface area (Å²) in [6.45, 7) is 7.10. The van der Waals surface area contributed by atoms with Gasteiger partial charge in [0, 0.05) is 18.8 Å². The summed E-state index contributed by atoms with van der Waals surface area (Å²) in [5.41, 5.74) is 0. The Labute approximate surface area is 130 Å². The molecule has 118 valence electrons. The predicted octanol–water partition coefficient (Wildman–Crippen LogP) is 2.46. The second-order valence-electron chi connectivity index (χ2n) is 5.74. The number of rotatable bonds is 5. The maximum atomic E-state index is 5.63. The lowest BCUT2D eigenvalue weighted by Gasteiger charge is -2.33. The Balaban J connectivity index is 1.78. The second-order valence-corrected chi connectivity index (χ2v) is 5.74. The lowest BCUT2D eigenvalue weighted by molar-refractivity contribution is -0.0185. The van der Waals surface area contributed by atoms with Crippen LogP contribution >= 0.6 is 0 Å². The molecule has 1 aliphatic rings. The minimum atomic E-state index is 0.0489. The molecule has 2 aromatic heterocycles. The predicted molar refractivity (Wildman–Crippen MR) is 83.5 cm³/mol. The lowest BCUT2D eigenvalue weighted by Crippen LogP contribution is -2.39. The zero-order valence-electron chi connectivity index (χ0n) is 13.0. The Morgan fingerprint density at radius 1 is 1.41 bits per heavy atom. The van der Waals surface area contributed by atoms with Gasteiger partial charge in [-0.3, -0.25) is 4.90 Å². The van der Waals surface area contributed by atoms with Crippen molar-refractivity contribution in [1.29, 1.82) is 0 Å². The van der Waals surface area contributed by atoms with Crippen LogP contribution in [0.5, 0.6) is 0 Å². The molecule has 0 bridgehead atoms. The summed E-state index contributed by atoms with van der Waals surface area (Å²) in [7, 11) is 0. The van der Waals surface area contributed by atoms with Gasteiger partial charge in [0.25, 0.3) is 0 Å². The van der Waals surface area contributed by atoms with E-state index < -0.39 is 0 Å². The second kappa shape index (κ2) is 6.89. The molecule has 0 amide bonds. The first-order chi connectivity index (χ1) is 10.7. The zero-order chi connectivity index (χ0) is 15.4. The standard InChI is InChI=1S/C16H22N4O2/c1-12(2)18-15-5-6-17-16(19-15)14-11-21-9-7-20(14)10-13-4-3-8-22-13/h3-6,8,12,14H,7,9-11H2,1-2H3,(H,17,18,19)/t14-/m1/s1. The van der Waals surface area contributed by atoms with Gasteiger partial charge in [-0.25, -0.2) is 9.97 Å². The van der Waals surface area contributed by atoms with Crippen molar-refractivity contribution in [3.05, 3.63) is 42.2 Å². The smallest absolute Gasteiger partial charge is 0.150 e. The van der Waals surface area contributed by atoms with E-state index >= 15 is 0 Å². The highest BCUT2D eigenvalue weighted by molar-refractivity contribution is 5.34. The maximum Gasteiger partial charge on any atom is 0.150 e. The molecule has 0 unspecified atom stereocenters. The van der Waals surface area contributed by atoms with Crippen molar-refractivity contribution < 1.29 is 9.15 Å². The fraction of sp³-hybridized carbons (Fsp3) is 0.500. The van der Waals surface area contributed by atoms with Crippen LogP contribution in [0.2, 0.25) is 0 Å². The van der Waals surface area contributed by atoms with Gasteiger partial charge in [-0.2, -0.15) is 0 Å². The molecule has 22 heavy (non-hydrogen) atoms. The summed E-state index contributed by atoms with van der Waals surface area (Å²) >= 11 is 0. The minimum Gasteiger partial charge on any atom is -0.468 e. The van der Waals surface area contributed by atoms with Crippen LogP contribution in [0.15, 0.2) is 35.1 Å². The number of morpholine rings is 1. The van der Waals surface area contributed by atoms with Crippen molar-refractivity contribution in [2.24, 2.45) is 0 Å². The maximum absolute atomic E-state index is 5.63. The molecule has 1 fully saturated rings. The van der Waals surface area contributed by atoms with Crippen molar-refractivity contribution in [1.82, 2.24) is 14.9 Å². The number of hydrogen-bond acceptors (Lipinski definition) is 6. The average Bonchev–Trinajstić information content (AvgIpc) is 3.00. The van der Waals surface area contributed by atoms with E-state index in [-0.39, 0.29) is 6.04 Å². The summed E-state index contributed by atoms with van der Waals surface area (Å²) in [6, 6.07) is 6.18. The quantitative estimate of drug-likeness (QED) is 0.915. The van der Waals surface area contributed by atoms with Crippen LogP contribution in [0.25, 0.3) is 0 Å². The monoisotopic (exact) mass is 302 g/mol. The molecule has 2 aromatic rings. The third kappa shape index (κ3) is 3.64. The van der Waals surface area contributed by atoms with Crippen LogP contribution in [0, 0.1) is 0 Å². The average molecular weight is 302 g/mol. The van der Waals surface area contributed by atoms with Crippen molar-refractivity contribution in [2.75, 3.05) is 25.1 Å². The van der Waals surface area contributed by atoms with Gasteiger partial charge in [-0.1, -0.05) is 0 Å². The topological polar surface area (TPSA) is 63.4 Å². The first-order valence-corrected chi connectivity index (χ1v) is 7.66. The van der Waals surface area contributed by atoms with Gasteiger partial charge in [-0.15, -0.1) is 0 Å². The normalized spacial score (nSPS) is 19.5. The van der Waals surface area contributed by atoms with Crippen molar-refractivity contribution >= 4 is 5.82 Å². The number of ether oxygens (including phenoxy) is 1. The summed E-state index contributed by atoms with van der Waals surface area (Å²) in [4.78, 5) is 11.4. The molecule has 6 nitrogen and oxygen atoms in total. The molecule has 1 saturated heterocycles. The van der Waals surface area contributed by atoms with Crippen molar-refractivity contribution in [3.63, 3.8) is 0 Å². The third-order valence-corrected chi connectivity index (χ3v) is 3.59. The van der Waals surface area contributed by atoms with E-state index in [2.05, 4.69) is 34.0 Å². The fourth-order valence-electron chi connectivity index (χ4n) is 2.58. The van der Waals surface area contributed by atoms with Gasteiger partial charge >= 0.3 is 0 Å². The van der Waals surface area contributed by atoms with E-state index in [9.17, 15) is 0 Å². The Morgan fingerprint density at radius 3 is 3.09 bits per heavy atom. The number of aromatic nitrogens is 2. The highest BCUT2D eigenvalue weighted by Gasteiger charge is 2.27. The molecule has 0 saturated carbocycles. The Kier molecular flexibility index (Phi) is 4.70. The molecule has 1 atom stereocenters. The Bertz CT molecular complexity index is 586. The summed E-state index contributed by atoms with van der Waals surface area (Å²) in [5.74, 6) is 2.59. The molecule has 0 spiro atoms. The molecule has 1 N–H and O–H groups in total. The molecule has 0 aromatic carbocycles. The van der Waals surface area contributed by atoms with Gasteiger partial charge < -0.3 is 14.5 Å². The van der Waals surface area contributed by atoms with E-state index in [0.717, 1.165) is 37.1 Å². The molecule has 6 heteroatoms. The van der Waals surface area contributed by atoms with Gasteiger partial charge in [0.2, 0.25) is 0 Å². The minimum absolute atomic E-state index is 0.0489. The van der Waals surface area contributed by atoms with Gasteiger partial charge in [0.05, 0.1) is 32.1 Å². The molecular formula is C16H22N4O2. The van der Waals surface area contributed by atoms with E-state index in [1.165, 1.54) is 0 Å². The molecule has 1 aliphatic heterocycles. The van der Waals surface area contributed by atoms with Crippen LogP contribution in [-0.2, 0) is 11.3 Å². The zero-order valence-corrected chi connectivity index (χ0v) is 13.0. The molecular weight excluding hydrogens is 280 g/mol. The van der Waals surface area contributed by atoms with Gasteiger partial charge in [0.15, 0.2) is 0 Å². The fourth-order valence-corrected chi connectivity index (χ4v) is 2.58. The van der Waals surface area contributed by atoms with Crippen LogP contribution in [0.4, 0.5) is 5.82 Å². The summed E-state index contributed by atoms with van der Waals surface area (Å²) < 4.78 is 11.1. The van der Waals surface area contributed by atoms with Crippen molar-refractivity contribution in [3.8, 4) is 0 Å². The van der Waals surface area contributed by atoms with Crippen LogP contribution in [0.3, 0.4) is 0 Å². The number of furan rings is 1. The number of nitrogens with one attached hydrogen (secondary N) is 1. The number of nitrogens with zero attached hydrogens (tertiary/aromatic N) is 3. The number of anilines is 1. The van der Waals surface area contributed by atoms with E-state index in [4.69, 9.17) is 9.15 Å². The highest BCUT2D eigenvalue weighted by atomic mass is 16.5. The van der Waals surface area contributed by atoms with E-state index in [1.807, 2.05) is 18.2 Å². The number of hydrogen-bond donors (Lipinski definition) is 1. The SMILES string of the molecule is CC(C)Nc1ccnc([C@H]2COCCN2Cc2ccco2)n1.